The van der Waals surface area contributed by atoms with Gasteiger partial charge < -0.3 is 10.0 Å². The van der Waals surface area contributed by atoms with Crippen LogP contribution in [0.3, 0.4) is 0 Å². The number of nitrogens with zero attached hydrogens (tertiary/aromatic N) is 1. The van der Waals surface area contributed by atoms with E-state index >= 15 is 0 Å². The van der Waals surface area contributed by atoms with Gasteiger partial charge in [-0.1, -0.05) is 23.7 Å². The average Bonchev–Trinajstić information content (AvgIpc) is 2.36. The van der Waals surface area contributed by atoms with E-state index in [-0.39, 0.29) is 12.3 Å². The third-order valence-corrected chi connectivity index (χ3v) is 3.04. The van der Waals surface area contributed by atoms with Crippen LogP contribution < -0.4 is 0 Å². The van der Waals surface area contributed by atoms with Gasteiger partial charge in [0.25, 0.3) is 0 Å². The highest BCUT2D eigenvalue weighted by Gasteiger charge is 2.09. The first kappa shape index (κ1) is 15.5. The van der Waals surface area contributed by atoms with Crippen molar-refractivity contribution in [2.45, 2.75) is 32.2 Å². The van der Waals surface area contributed by atoms with Crippen LogP contribution in [0, 0.1) is 0 Å². The molecule has 19 heavy (non-hydrogen) atoms. The molecular formula is C14H18ClNO3. The van der Waals surface area contributed by atoms with Crippen molar-refractivity contribution in [3.63, 3.8) is 0 Å². The van der Waals surface area contributed by atoms with E-state index in [0.717, 1.165) is 5.56 Å². The number of carboxylic acid groups (broad SMARTS) is 1. The predicted octanol–water partition coefficient (Wildman–Crippen LogP) is 2.94. The Balaban J connectivity index is 2.32. The topological polar surface area (TPSA) is 57.6 Å². The van der Waals surface area contributed by atoms with E-state index in [4.69, 9.17) is 16.7 Å². The second kappa shape index (κ2) is 7.79. The highest BCUT2D eigenvalue weighted by molar-refractivity contribution is 6.30. The molecule has 104 valence electrons. The van der Waals surface area contributed by atoms with Gasteiger partial charge in [0, 0.05) is 31.5 Å². The van der Waals surface area contributed by atoms with Crippen LogP contribution in [0.4, 0.5) is 0 Å². The molecule has 0 radical (unpaired) electrons. The lowest BCUT2D eigenvalue weighted by molar-refractivity contribution is -0.137. The molecule has 0 aromatic heterocycles. The molecule has 0 fully saturated rings. The maximum absolute atomic E-state index is 11.8. The van der Waals surface area contributed by atoms with Crippen LogP contribution in [0.2, 0.25) is 5.02 Å². The summed E-state index contributed by atoms with van der Waals surface area (Å²) >= 11 is 5.79. The molecule has 0 aliphatic heterocycles. The lowest BCUT2D eigenvalue weighted by atomic mass is 10.1. The van der Waals surface area contributed by atoms with Crippen LogP contribution in [0.25, 0.3) is 0 Å². The van der Waals surface area contributed by atoms with Gasteiger partial charge in [0.2, 0.25) is 5.91 Å². The van der Waals surface area contributed by atoms with Crippen LogP contribution in [-0.2, 0) is 16.1 Å². The summed E-state index contributed by atoms with van der Waals surface area (Å²) in [5.41, 5.74) is 1.02. The number of hydrogen-bond acceptors (Lipinski definition) is 2. The van der Waals surface area contributed by atoms with Crippen molar-refractivity contribution in [2.75, 3.05) is 7.05 Å². The summed E-state index contributed by atoms with van der Waals surface area (Å²) in [6, 6.07) is 7.36. The van der Waals surface area contributed by atoms with Gasteiger partial charge in [-0.15, -0.1) is 0 Å². The first-order chi connectivity index (χ1) is 8.99. The second-order valence-electron chi connectivity index (χ2n) is 4.48. The van der Waals surface area contributed by atoms with Crippen LogP contribution in [-0.4, -0.2) is 28.9 Å². The van der Waals surface area contributed by atoms with Crippen molar-refractivity contribution < 1.29 is 14.7 Å². The first-order valence-corrected chi connectivity index (χ1v) is 6.57. The number of carbonyl (C=O) groups is 2. The smallest absolute Gasteiger partial charge is 0.303 e. The van der Waals surface area contributed by atoms with Crippen molar-refractivity contribution in [1.29, 1.82) is 0 Å². The molecule has 1 rings (SSSR count). The molecule has 0 bridgehead atoms. The Morgan fingerprint density at radius 1 is 1.16 bits per heavy atom. The van der Waals surface area contributed by atoms with Gasteiger partial charge in [0.15, 0.2) is 0 Å². The molecule has 0 atom stereocenters. The van der Waals surface area contributed by atoms with Gasteiger partial charge in [-0.25, -0.2) is 0 Å². The highest BCUT2D eigenvalue weighted by Crippen LogP contribution is 2.12. The minimum Gasteiger partial charge on any atom is -0.481 e. The number of halogens is 1. The standard InChI is InChI=1S/C14H18ClNO3/c1-16(10-11-6-8-12(15)9-7-11)13(17)4-2-3-5-14(18)19/h6-9H,2-5,10H2,1H3,(H,18,19). The summed E-state index contributed by atoms with van der Waals surface area (Å²) in [6.45, 7) is 0.537. The Morgan fingerprint density at radius 3 is 2.32 bits per heavy atom. The predicted molar refractivity (Wildman–Crippen MR) is 74.0 cm³/mol. The molecule has 1 amide bonds. The Kier molecular flexibility index (Phi) is 6.36. The molecule has 1 N–H and O–H groups in total. The zero-order valence-electron chi connectivity index (χ0n) is 10.9. The zero-order chi connectivity index (χ0) is 14.3. The van der Waals surface area contributed by atoms with E-state index in [9.17, 15) is 9.59 Å². The fourth-order valence-electron chi connectivity index (χ4n) is 1.70. The normalized spacial score (nSPS) is 10.2. The van der Waals surface area contributed by atoms with E-state index in [1.807, 2.05) is 12.1 Å². The SMILES string of the molecule is CN(Cc1ccc(Cl)cc1)C(=O)CCCCC(=O)O. The summed E-state index contributed by atoms with van der Waals surface area (Å²) in [5, 5.41) is 9.17. The summed E-state index contributed by atoms with van der Waals surface area (Å²) in [4.78, 5) is 23.8. The maximum atomic E-state index is 11.8. The molecule has 0 saturated carbocycles. The lowest BCUT2D eigenvalue weighted by Gasteiger charge is -2.17. The Bertz CT molecular complexity index is 431. The Hall–Kier alpha value is -1.55. The molecule has 0 aliphatic rings. The average molecular weight is 284 g/mol. The second-order valence-corrected chi connectivity index (χ2v) is 4.91. The minimum absolute atomic E-state index is 0.0281. The number of hydrogen-bond donors (Lipinski definition) is 1. The quantitative estimate of drug-likeness (QED) is 0.783. The number of aliphatic carboxylic acids is 1. The number of unbranched alkanes of at least 4 members (excludes halogenated alkanes) is 1. The third kappa shape index (κ3) is 6.25. The van der Waals surface area contributed by atoms with Crippen molar-refractivity contribution in [3.8, 4) is 0 Å². The molecule has 1 aromatic carbocycles. The maximum Gasteiger partial charge on any atom is 0.303 e. The van der Waals surface area contributed by atoms with Crippen LogP contribution in [0.1, 0.15) is 31.2 Å². The van der Waals surface area contributed by atoms with Gasteiger partial charge in [0.1, 0.15) is 0 Å². The molecule has 0 heterocycles. The number of carbonyl (C=O) groups excluding carboxylic acids is 1. The van der Waals surface area contributed by atoms with E-state index < -0.39 is 5.97 Å². The highest BCUT2D eigenvalue weighted by atomic mass is 35.5. The summed E-state index contributed by atoms with van der Waals surface area (Å²) in [7, 11) is 1.74. The summed E-state index contributed by atoms with van der Waals surface area (Å²) in [6.07, 6.45) is 1.65. The lowest BCUT2D eigenvalue weighted by Crippen LogP contribution is -2.25. The molecule has 0 spiro atoms. The first-order valence-electron chi connectivity index (χ1n) is 6.19. The largest absolute Gasteiger partial charge is 0.481 e. The van der Waals surface area contributed by atoms with E-state index in [1.54, 1.807) is 24.1 Å². The van der Waals surface area contributed by atoms with E-state index in [0.29, 0.717) is 30.8 Å². The van der Waals surface area contributed by atoms with Crippen molar-refractivity contribution >= 4 is 23.5 Å². The van der Waals surface area contributed by atoms with Crippen molar-refractivity contribution in [3.05, 3.63) is 34.9 Å². The monoisotopic (exact) mass is 283 g/mol. The van der Waals surface area contributed by atoms with Crippen LogP contribution in [0.15, 0.2) is 24.3 Å². The number of rotatable bonds is 7. The summed E-state index contributed by atoms with van der Waals surface area (Å²) in [5.74, 6) is -0.790. The van der Waals surface area contributed by atoms with Crippen LogP contribution >= 0.6 is 11.6 Å². The number of amides is 1. The Labute approximate surface area is 118 Å². The number of carboxylic acids is 1. The molecule has 0 aliphatic carbocycles. The van der Waals surface area contributed by atoms with Crippen molar-refractivity contribution in [1.82, 2.24) is 4.90 Å². The Morgan fingerprint density at radius 2 is 1.74 bits per heavy atom. The zero-order valence-corrected chi connectivity index (χ0v) is 11.7. The summed E-state index contributed by atoms with van der Waals surface area (Å²) < 4.78 is 0. The van der Waals surface area contributed by atoms with Gasteiger partial charge in [-0.05, 0) is 30.5 Å². The van der Waals surface area contributed by atoms with Crippen LogP contribution in [0.5, 0.6) is 0 Å². The molecule has 4 nitrogen and oxygen atoms in total. The fourth-order valence-corrected chi connectivity index (χ4v) is 1.82. The molecule has 5 heteroatoms. The molecule has 1 aromatic rings. The number of benzene rings is 1. The minimum atomic E-state index is -0.818. The molecular weight excluding hydrogens is 266 g/mol. The van der Waals surface area contributed by atoms with E-state index in [2.05, 4.69) is 0 Å². The van der Waals surface area contributed by atoms with E-state index in [1.165, 1.54) is 0 Å². The third-order valence-electron chi connectivity index (χ3n) is 2.79. The van der Waals surface area contributed by atoms with Gasteiger partial charge in [0.05, 0.1) is 0 Å². The molecule has 0 unspecified atom stereocenters. The fraction of sp³-hybridized carbons (Fsp3) is 0.429. The molecule has 0 saturated heterocycles. The van der Waals surface area contributed by atoms with Gasteiger partial charge >= 0.3 is 5.97 Å². The van der Waals surface area contributed by atoms with Gasteiger partial charge in [-0.2, -0.15) is 0 Å². The van der Waals surface area contributed by atoms with Gasteiger partial charge in [-0.3, -0.25) is 9.59 Å². The van der Waals surface area contributed by atoms with Crippen molar-refractivity contribution in [2.24, 2.45) is 0 Å².